The molecule has 0 bridgehead atoms. The van der Waals surface area contributed by atoms with Gasteiger partial charge in [-0.05, 0) is 47.9 Å². The molecule has 4 aromatic rings. The minimum absolute atomic E-state index is 0.661. The largest absolute Gasteiger partial charge is 0.436 e. The standard InChI is InChI=1S/C22H17NO/c1-16-7-14-21-20(15-16)23-22(24-21)19-12-10-18(11-13-19)9-8-17-5-3-2-4-6-17/h2-15H,1H3/b9-8+. The maximum absolute atomic E-state index is 5.85. The van der Waals surface area contributed by atoms with Gasteiger partial charge < -0.3 is 4.42 Å². The molecule has 0 radical (unpaired) electrons. The van der Waals surface area contributed by atoms with Crippen LogP contribution in [0.2, 0.25) is 0 Å². The Hall–Kier alpha value is -3.13. The lowest BCUT2D eigenvalue weighted by Crippen LogP contribution is -1.78. The summed E-state index contributed by atoms with van der Waals surface area (Å²) in [5.74, 6) is 0.661. The maximum Gasteiger partial charge on any atom is 0.227 e. The lowest BCUT2D eigenvalue weighted by molar-refractivity contribution is 0.620. The molecule has 3 aromatic carbocycles. The minimum Gasteiger partial charge on any atom is -0.436 e. The first-order valence-corrected chi connectivity index (χ1v) is 7.99. The number of oxazole rings is 1. The van der Waals surface area contributed by atoms with Gasteiger partial charge in [0.15, 0.2) is 5.58 Å². The molecule has 0 spiro atoms. The number of benzene rings is 3. The van der Waals surface area contributed by atoms with Gasteiger partial charge in [0.25, 0.3) is 0 Å². The second-order valence-corrected chi connectivity index (χ2v) is 5.86. The molecule has 1 aromatic heterocycles. The maximum atomic E-state index is 5.85. The van der Waals surface area contributed by atoms with Crippen LogP contribution in [0.1, 0.15) is 16.7 Å². The number of nitrogens with zero attached hydrogens (tertiary/aromatic N) is 1. The lowest BCUT2D eigenvalue weighted by Gasteiger charge is -1.97. The van der Waals surface area contributed by atoms with Crippen molar-refractivity contribution in [3.05, 3.63) is 89.5 Å². The van der Waals surface area contributed by atoms with Crippen molar-refractivity contribution in [3.63, 3.8) is 0 Å². The van der Waals surface area contributed by atoms with Crippen LogP contribution in [0.15, 0.2) is 77.2 Å². The molecule has 0 aliphatic heterocycles. The van der Waals surface area contributed by atoms with Crippen LogP contribution in [0.3, 0.4) is 0 Å². The molecule has 0 N–H and O–H groups in total. The molecule has 0 aliphatic rings. The van der Waals surface area contributed by atoms with Crippen molar-refractivity contribution in [1.29, 1.82) is 0 Å². The van der Waals surface area contributed by atoms with Crippen molar-refractivity contribution in [2.45, 2.75) is 6.92 Å². The van der Waals surface area contributed by atoms with Crippen LogP contribution in [-0.2, 0) is 0 Å². The van der Waals surface area contributed by atoms with Gasteiger partial charge in [0.05, 0.1) is 0 Å². The summed E-state index contributed by atoms with van der Waals surface area (Å²) in [6, 6.07) is 24.6. The molecule has 0 aliphatic carbocycles. The van der Waals surface area contributed by atoms with E-state index in [-0.39, 0.29) is 0 Å². The van der Waals surface area contributed by atoms with Gasteiger partial charge in [-0.3, -0.25) is 0 Å². The zero-order valence-electron chi connectivity index (χ0n) is 13.4. The Bertz CT molecular complexity index is 995. The first-order valence-electron chi connectivity index (χ1n) is 7.99. The quantitative estimate of drug-likeness (QED) is 0.435. The molecule has 2 heteroatoms. The van der Waals surface area contributed by atoms with Gasteiger partial charge in [0, 0.05) is 5.56 Å². The summed E-state index contributed by atoms with van der Waals surface area (Å²) < 4.78 is 5.85. The molecule has 4 rings (SSSR count). The fourth-order valence-electron chi connectivity index (χ4n) is 2.65. The minimum atomic E-state index is 0.661. The Labute approximate surface area is 141 Å². The van der Waals surface area contributed by atoms with Crippen molar-refractivity contribution in [2.75, 3.05) is 0 Å². The first-order chi connectivity index (χ1) is 11.8. The smallest absolute Gasteiger partial charge is 0.227 e. The monoisotopic (exact) mass is 311 g/mol. The van der Waals surface area contributed by atoms with E-state index in [1.165, 1.54) is 11.1 Å². The molecule has 1 heterocycles. The fourth-order valence-corrected chi connectivity index (χ4v) is 2.65. The summed E-state index contributed by atoms with van der Waals surface area (Å²) in [5, 5.41) is 0. The highest BCUT2D eigenvalue weighted by molar-refractivity contribution is 5.77. The van der Waals surface area contributed by atoms with E-state index in [9.17, 15) is 0 Å². The summed E-state index contributed by atoms with van der Waals surface area (Å²) in [6.07, 6.45) is 4.21. The number of aryl methyl sites for hydroxylation is 1. The molecule has 0 amide bonds. The topological polar surface area (TPSA) is 26.0 Å². The van der Waals surface area contributed by atoms with Crippen molar-refractivity contribution >= 4 is 23.3 Å². The van der Waals surface area contributed by atoms with Crippen LogP contribution < -0.4 is 0 Å². The van der Waals surface area contributed by atoms with E-state index < -0.39 is 0 Å². The second kappa shape index (κ2) is 6.17. The summed E-state index contributed by atoms with van der Waals surface area (Å²) in [4.78, 5) is 4.58. The predicted octanol–water partition coefficient (Wildman–Crippen LogP) is 5.97. The van der Waals surface area contributed by atoms with Crippen LogP contribution in [0.4, 0.5) is 0 Å². The van der Waals surface area contributed by atoms with E-state index >= 15 is 0 Å². The molecular weight excluding hydrogens is 294 g/mol. The van der Waals surface area contributed by atoms with E-state index in [0.29, 0.717) is 5.89 Å². The Kier molecular flexibility index (Phi) is 3.72. The highest BCUT2D eigenvalue weighted by Crippen LogP contribution is 2.25. The van der Waals surface area contributed by atoms with Crippen LogP contribution in [-0.4, -0.2) is 4.98 Å². The van der Waals surface area contributed by atoms with Crippen LogP contribution in [0, 0.1) is 6.92 Å². The average Bonchev–Trinajstić information content (AvgIpc) is 3.04. The third kappa shape index (κ3) is 2.99. The van der Waals surface area contributed by atoms with E-state index in [2.05, 4.69) is 48.3 Å². The van der Waals surface area contributed by atoms with Gasteiger partial charge in [0.1, 0.15) is 5.52 Å². The zero-order valence-corrected chi connectivity index (χ0v) is 13.4. The second-order valence-electron chi connectivity index (χ2n) is 5.86. The normalized spacial score (nSPS) is 11.4. The van der Waals surface area contributed by atoms with E-state index in [1.807, 2.05) is 48.5 Å². The van der Waals surface area contributed by atoms with Crippen LogP contribution >= 0.6 is 0 Å². The Morgan fingerprint density at radius 2 is 1.50 bits per heavy atom. The van der Waals surface area contributed by atoms with Crippen molar-refractivity contribution < 1.29 is 4.42 Å². The molecule has 0 atom stereocenters. The molecule has 24 heavy (non-hydrogen) atoms. The van der Waals surface area contributed by atoms with Gasteiger partial charge in [-0.2, -0.15) is 0 Å². The molecule has 0 unspecified atom stereocenters. The van der Waals surface area contributed by atoms with Gasteiger partial charge in [-0.1, -0.05) is 60.7 Å². The Morgan fingerprint density at radius 3 is 2.25 bits per heavy atom. The molecule has 0 saturated heterocycles. The summed E-state index contributed by atoms with van der Waals surface area (Å²) in [5.41, 5.74) is 6.23. The average molecular weight is 311 g/mol. The fraction of sp³-hybridized carbons (Fsp3) is 0.0455. The van der Waals surface area contributed by atoms with Crippen molar-refractivity contribution in [1.82, 2.24) is 4.98 Å². The Balaban J connectivity index is 1.59. The summed E-state index contributed by atoms with van der Waals surface area (Å²) >= 11 is 0. The van der Waals surface area contributed by atoms with Gasteiger partial charge in [0.2, 0.25) is 5.89 Å². The number of hydrogen-bond donors (Lipinski definition) is 0. The summed E-state index contributed by atoms with van der Waals surface area (Å²) in [7, 11) is 0. The molecule has 0 saturated carbocycles. The van der Waals surface area contributed by atoms with Gasteiger partial charge >= 0.3 is 0 Å². The highest BCUT2D eigenvalue weighted by atomic mass is 16.3. The molecule has 116 valence electrons. The van der Waals surface area contributed by atoms with Gasteiger partial charge in [-0.25, -0.2) is 4.98 Å². The van der Waals surface area contributed by atoms with E-state index in [1.54, 1.807) is 0 Å². The van der Waals surface area contributed by atoms with Crippen molar-refractivity contribution in [3.8, 4) is 11.5 Å². The predicted molar refractivity (Wildman–Crippen MR) is 99.6 cm³/mol. The highest BCUT2D eigenvalue weighted by Gasteiger charge is 2.07. The zero-order chi connectivity index (χ0) is 16.4. The van der Waals surface area contributed by atoms with E-state index in [0.717, 1.165) is 22.2 Å². The van der Waals surface area contributed by atoms with Crippen LogP contribution in [0.25, 0.3) is 34.7 Å². The third-order valence-corrected chi connectivity index (χ3v) is 3.97. The SMILES string of the molecule is Cc1ccc2oc(-c3ccc(/C=C/c4ccccc4)cc3)nc2c1. The number of fused-ring (bicyclic) bond motifs is 1. The number of aromatic nitrogens is 1. The molecular formula is C22H17NO. The van der Waals surface area contributed by atoms with Gasteiger partial charge in [-0.15, -0.1) is 0 Å². The lowest BCUT2D eigenvalue weighted by atomic mass is 10.1. The Morgan fingerprint density at radius 1 is 0.792 bits per heavy atom. The summed E-state index contributed by atoms with van der Waals surface area (Å²) in [6.45, 7) is 2.06. The third-order valence-electron chi connectivity index (χ3n) is 3.97. The van der Waals surface area contributed by atoms with E-state index in [4.69, 9.17) is 4.42 Å². The van der Waals surface area contributed by atoms with Crippen LogP contribution in [0.5, 0.6) is 0 Å². The number of hydrogen-bond acceptors (Lipinski definition) is 2. The van der Waals surface area contributed by atoms with Crippen molar-refractivity contribution in [2.24, 2.45) is 0 Å². The first kappa shape index (κ1) is 14.5. The molecule has 2 nitrogen and oxygen atoms in total. The molecule has 0 fully saturated rings. The number of rotatable bonds is 3.